The normalized spacial score (nSPS) is 17.2. The van der Waals surface area contributed by atoms with Gasteiger partial charge in [-0.05, 0) is 53.7 Å². The van der Waals surface area contributed by atoms with Gasteiger partial charge in [0.05, 0.1) is 47.4 Å². The Kier molecular flexibility index (Phi) is 7.08. The third-order valence-electron chi connectivity index (χ3n) is 6.95. The first-order chi connectivity index (χ1) is 17.5. The van der Waals surface area contributed by atoms with Crippen molar-refractivity contribution in [3.8, 4) is 0 Å². The molecule has 2 atom stereocenters. The van der Waals surface area contributed by atoms with Crippen LogP contribution in [0.1, 0.15) is 31.9 Å². The number of rotatable bonds is 9. The van der Waals surface area contributed by atoms with E-state index >= 15 is 0 Å². The van der Waals surface area contributed by atoms with Crippen LogP contribution in [0.3, 0.4) is 0 Å². The number of nitrogens with one attached hydrogen (secondary N) is 2. The van der Waals surface area contributed by atoms with Crippen LogP contribution in [0.2, 0.25) is 0 Å². The first kappa shape index (κ1) is 24.5. The first-order valence-electron chi connectivity index (χ1n) is 12.3. The minimum absolute atomic E-state index is 0.0185. The number of H-pyrrole nitrogens is 1. The Morgan fingerprint density at radius 2 is 2.17 bits per heavy atom. The molecule has 1 fully saturated rings. The molecule has 1 aromatic carbocycles. The van der Waals surface area contributed by atoms with Crippen LogP contribution >= 0.6 is 15.9 Å². The number of ether oxygens (including phenoxy) is 1. The average Bonchev–Trinajstić information content (AvgIpc) is 3.23. The predicted octanol–water partition coefficient (Wildman–Crippen LogP) is 3.51. The highest BCUT2D eigenvalue weighted by Gasteiger charge is 2.37. The second kappa shape index (κ2) is 10.4. The number of carbonyl (C=O) groups is 2. The maximum absolute atomic E-state index is 13.9. The summed E-state index contributed by atoms with van der Waals surface area (Å²) in [7, 11) is 1.93. The minimum Gasteiger partial charge on any atom is -0.465 e. The van der Waals surface area contributed by atoms with E-state index < -0.39 is 0 Å². The topological polar surface area (TPSA) is 118 Å². The molecule has 1 aliphatic carbocycles. The van der Waals surface area contributed by atoms with Crippen molar-refractivity contribution in [2.24, 2.45) is 29.8 Å². The number of imidazole rings is 2. The van der Waals surface area contributed by atoms with Gasteiger partial charge >= 0.3 is 5.97 Å². The van der Waals surface area contributed by atoms with Gasteiger partial charge < -0.3 is 19.6 Å². The molecule has 0 spiro atoms. The Hall–Kier alpha value is -3.21. The molecule has 2 N–H and O–H groups in total. The Labute approximate surface area is 217 Å². The van der Waals surface area contributed by atoms with E-state index in [4.69, 9.17) is 4.74 Å². The van der Waals surface area contributed by atoms with Crippen LogP contribution in [0.15, 0.2) is 40.4 Å². The van der Waals surface area contributed by atoms with Crippen LogP contribution in [0.4, 0.5) is 5.69 Å². The highest BCUT2D eigenvalue weighted by molar-refractivity contribution is 9.10. The van der Waals surface area contributed by atoms with Crippen LogP contribution in [0.5, 0.6) is 0 Å². The van der Waals surface area contributed by atoms with Gasteiger partial charge in [0.15, 0.2) is 0 Å². The molecule has 0 bridgehead atoms. The number of aromatic nitrogens is 4. The Balaban J connectivity index is 1.34. The molecule has 0 saturated heterocycles. The minimum atomic E-state index is -0.339. The molecule has 1 saturated carbocycles. The van der Waals surface area contributed by atoms with Gasteiger partial charge in [-0.25, -0.2) is 9.97 Å². The molecule has 36 heavy (non-hydrogen) atoms. The lowest BCUT2D eigenvalue weighted by atomic mass is 9.85. The molecular formula is C25H30BrN7O3. The zero-order valence-electron chi connectivity index (χ0n) is 20.4. The predicted molar refractivity (Wildman–Crippen MR) is 139 cm³/mol. The summed E-state index contributed by atoms with van der Waals surface area (Å²) in [6.07, 6.45) is 8.18. The van der Waals surface area contributed by atoms with E-state index in [0.717, 1.165) is 39.7 Å². The number of fused-ring (bicyclic) bond motifs is 1. The molecule has 11 heteroatoms. The zero-order valence-corrected chi connectivity index (χ0v) is 22.0. The molecule has 190 valence electrons. The lowest BCUT2D eigenvalue weighted by Gasteiger charge is -2.30. The number of esters is 1. The van der Waals surface area contributed by atoms with Crippen molar-refractivity contribution < 1.29 is 14.3 Å². The van der Waals surface area contributed by atoms with E-state index in [-0.39, 0.29) is 36.2 Å². The van der Waals surface area contributed by atoms with Crippen molar-refractivity contribution in [1.29, 1.82) is 0 Å². The standard InChI is InChI=1S/C25H30BrN7O3/c1-3-18(16(10-17-11-27-14-32(17)2)12-36-24(35)15-4-5-15)23(34)33-9-8-28-25(33)31-19-6-7-20-22(21(19)26)30-13-29-20/h6-7,11,13-16,18H,3-5,8-10,12H2,1-2H3,(H,28,31)(H,29,30)/t16-,18-/m0/s1. The summed E-state index contributed by atoms with van der Waals surface area (Å²) in [5, 5.41) is 3.32. The quantitative estimate of drug-likeness (QED) is 0.390. The second-order valence-corrected chi connectivity index (χ2v) is 10.2. The van der Waals surface area contributed by atoms with Crippen molar-refractivity contribution in [3.63, 3.8) is 0 Å². The van der Waals surface area contributed by atoms with Gasteiger partial charge in [0.1, 0.15) is 5.52 Å². The molecule has 2 aliphatic rings. The van der Waals surface area contributed by atoms with E-state index in [0.29, 0.717) is 31.9 Å². The van der Waals surface area contributed by atoms with Crippen LogP contribution in [0, 0.1) is 17.8 Å². The molecule has 0 radical (unpaired) electrons. The number of guanidine groups is 1. The smallest absolute Gasteiger partial charge is 0.308 e. The fraction of sp³-hybridized carbons (Fsp3) is 0.480. The van der Waals surface area contributed by atoms with Crippen molar-refractivity contribution >= 4 is 50.5 Å². The third kappa shape index (κ3) is 5.02. The Bertz CT molecular complexity index is 1300. The zero-order chi connectivity index (χ0) is 25.2. The van der Waals surface area contributed by atoms with E-state index in [1.807, 2.05) is 30.7 Å². The molecule has 1 aliphatic heterocycles. The number of aromatic amines is 1. The van der Waals surface area contributed by atoms with E-state index in [1.165, 1.54) is 0 Å². The number of amides is 1. The van der Waals surface area contributed by atoms with E-state index in [1.54, 1.807) is 23.8 Å². The highest BCUT2D eigenvalue weighted by Crippen LogP contribution is 2.32. The van der Waals surface area contributed by atoms with Gasteiger partial charge in [0.2, 0.25) is 11.9 Å². The largest absolute Gasteiger partial charge is 0.465 e. The molecular weight excluding hydrogens is 526 g/mol. The molecule has 3 aromatic rings. The fourth-order valence-electron chi connectivity index (χ4n) is 4.66. The lowest BCUT2D eigenvalue weighted by molar-refractivity contribution is -0.149. The second-order valence-electron chi connectivity index (χ2n) is 9.43. The Morgan fingerprint density at radius 1 is 1.33 bits per heavy atom. The molecule has 1 amide bonds. The van der Waals surface area contributed by atoms with Gasteiger partial charge in [-0.1, -0.05) is 6.92 Å². The maximum atomic E-state index is 13.9. The number of nitrogens with zero attached hydrogens (tertiary/aromatic N) is 5. The van der Waals surface area contributed by atoms with E-state index in [9.17, 15) is 9.59 Å². The molecule has 3 heterocycles. The summed E-state index contributed by atoms with van der Waals surface area (Å²) in [6, 6.07) is 3.86. The number of benzene rings is 1. The average molecular weight is 556 g/mol. The SMILES string of the molecule is CC[C@H](C(=O)N1CCN=C1Nc1ccc2[nH]cnc2c1Br)[C@H](COC(=O)C1CC1)Cc1cncn1C. The summed E-state index contributed by atoms with van der Waals surface area (Å²) in [4.78, 5) is 44.1. The number of aliphatic imine (C=N–C) groups is 1. The monoisotopic (exact) mass is 555 g/mol. The van der Waals surface area contributed by atoms with Gasteiger partial charge in [-0.3, -0.25) is 19.5 Å². The number of halogens is 1. The molecule has 0 unspecified atom stereocenters. The lowest BCUT2D eigenvalue weighted by Crippen LogP contribution is -2.45. The van der Waals surface area contributed by atoms with Gasteiger partial charge in [0, 0.05) is 37.3 Å². The Morgan fingerprint density at radius 3 is 2.89 bits per heavy atom. The first-order valence-corrected chi connectivity index (χ1v) is 13.1. The van der Waals surface area contributed by atoms with Crippen molar-refractivity contribution in [2.45, 2.75) is 32.6 Å². The van der Waals surface area contributed by atoms with Crippen molar-refractivity contribution in [2.75, 3.05) is 25.0 Å². The highest BCUT2D eigenvalue weighted by atomic mass is 79.9. The number of hydrogen-bond donors (Lipinski definition) is 2. The number of hydrogen-bond acceptors (Lipinski definition) is 7. The van der Waals surface area contributed by atoms with Crippen LogP contribution < -0.4 is 5.32 Å². The van der Waals surface area contributed by atoms with E-state index in [2.05, 4.69) is 41.2 Å². The van der Waals surface area contributed by atoms with Gasteiger partial charge in [0.25, 0.3) is 0 Å². The van der Waals surface area contributed by atoms with Crippen LogP contribution in [-0.2, 0) is 27.8 Å². The molecule has 10 nitrogen and oxygen atoms in total. The molecule has 2 aromatic heterocycles. The van der Waals surface area contributed by atoms with Crippen LogP contribution in [-0.4, -0.2) is 62.0 Å². The summed E-state index contributed by atoms with van der Waals surface area (Å²) in [5.41, 5.74) is 3.50. The summed E-state index contributed by atoms with van der Waals surface area (Å²) < 4.78 is 8.43. The van der Waals surface area contributed by atoms with Crippen molar-refractivity contribution in [3.05, 3.63) is 41.2 Å². The number of aryl methyl sites for hydroxylation is 1. The van der Waals surface area contributed by atoms with Gasteiger partial charge in [-0.2, -0.15) is 0 Å². The third-order valence-corrected chi connectivity index (χ3v) is 7.75. The summed E-state index contributed by atoms with van der Waals surface area (Å²) >= 11 is 3.62. The maximum Gasteiger partial charge on any atom is 0.308 e. The van der Waals surface area contributed by atoms with Crippen LogP contribution in [0.25, 0.3) is 11.0 Å². The summed E-state index contributed by atoms with van der Waals surface area (Å²) in [6.45, 7) is 3.24. The molecule has 5 rings (SSSR count). The number of anilines is 1. The van der Waals surface area contributed by atoms with Crippen molar-refractivity contribution in [1.82, 2.24) is 24.4 Å². The fourth-order valence-corrected chi connectivity index (χ4v) is 5.21. The van der Waals surface area contributed by atoms with Gasteiger partial charge in [-0.15, -0.1) is 0 Å². The number of carbonyl (C=O) groups excluding carboxylic acids is 2. The summed E-state index contributed by atoms with van der Waals surface area (Å²) in [5.74, 6) is -0.152.